The molecule has 0 radical (unpaired) electrons. The highest BCUT2D eigenvalue weighted by atomic mass is 35.5. The quantitative estimate of drug-likeness (QED) is 0.578. The first kappa shape index (κ1) is 23.2. The van der Waals surface area contributed by atoms with E-state index in [1.165, 1.54) is 31.2 Å². The molecule has 166 valence electrons. The maximum absolute atomic E-state index is 12.4. The van der Waals surface area contributed by atoms with Crippen molar-refractivity contribution in [3.05, 3.63) is 59.1 Å². The lowest BCUT2D eigenvalue weighted by Gasteiger charge is -2.14. The number of esters is 1. The molecule has 0 spiro atoms. The molecule has 2 atom stereocenters. The minimum atomic E-state index is -3.72. The second-order valence-electron chi connectivity index (χ2n) is 7.05. The maximum Gasteiger partial charge on any atom is 0.338 e. The third-order valence-corrected chi connectivity index (χ3v) is 6.38. The van der Waals surface area contributed by atoms with Crippen molar-refractivity contribution in [1.29, 1.82) is 0 Å². The predicted octanol–water partition coefficient (Wildman–Crippen LogP) is 2.98. The zero-order chi connectivity index (χ0) is 22.4. The normalized spacial score (nSPS) is 17.2. The second kappa shape index (κ2) is 10.2. The molecule has 1 amide bonds. The molecular formula is C21H23ClN2O6S. The minimum absolute atomic E-state index is 0.0237. The van der Waals surface area contributed by atoms with Crippen molar-refractivity contribution in [2.75, 3.05) is 18.5 Å². The largest absolute Gasteiger partial charge is 0.449 e. The van der Waals surface area contributed by atoms with Crippen LogP contribution in [0.5, 0.6) is 0 Å². The molecule has 0 aromatic heterocycles. The zero-order valence-corrected chi connectivity index (χ0v) is 18.4. The van der Waals surface area contributed by atoms with Gasteiger partial charge in [0, 0.05) is 23.9 Å². The summed E-state index contributed by atoms with van der Waals surface area (Å²) in [4.78, 5) is 24.6. The summed E-state index contributed by atoms with van der Waals surface area (Å²) < 4.78 is 37.9. The predicted molar refractivity (Wildman–Crippen MR) is 116 cm³/mol. The molecule has 2 aromatic carbocycles. The second-order valence-corrected chi connectivity index (χ2v) is 9.26. The van der Waals surface area contributed by atoms with Crippen LogP contribution < -0.4 is 10.0 Å². The third kappa shape index (κ3) is 6.51. The summed E-state index contributed by atoms with van der Waals surface area (Å²) in [7, 11) is -3.72. The number of ether oxygens (including phenoxy) is 2. The molecular weight excluding hydrogens is 444 g/mol. The number of anilines is 1. The van der Waals surface area contributed by atoms with Crippen molar-refractivity contribution in [2.45, 2.75) is 36.9 Å². The number of carbonyl (C=O) groups excluding carboxylic acids is 2. The van der Waals surface area contributed by atoms with Gasteiger partial charge in [0.2, 0.25) is 10.0 Å². The van der Waals surface area contributed by atoms with Gasteiger partial charge in [-0.25, -0.2) is 17.9 Å². The smallest absolute Gasteiger partial charge is 0.338 e. The molecule has 0 unspecified atom stereocenters. The van der Waals surface area contributed by atoms with Crippen LogP contribution in [0.15, 0.2) is 53.4 Å². The van der Waals surface area contributed by atoms with Crippen LogP contribution in [0, 0.1) is 0 Å². The van der Waals surface area contributed by atoms with Crippen molar-refractivity contribution >= 4 is 39.2 Å². The molecule has 31 heavy (non-hydrogen) atoms. The van der Waals surface area contributed by atoms with E-state index >= 15 is 0 Å². The van der Waals surface area contributed by atoms with E-state index in [9.17, 15) is 18.0 Å². The van der Waals surface area contributed by atoms with Gasteiger partial charge in [0.15, 0.2) is 6.10 Å². The van der Waals surface area contributed by atoms with Crippen molar-refractivity contribution < 1.29 is 27.5 Å². The summed E-state index contributed by atoms with van der Waals surface area (Å²) in [5.41, 5.74) is 0.645. The Morgan fingerprint density at radius 1 is 1.16 bits per heavy atom. The van der Waals surface area contributed by atoms with Gasteiger partial charge in [-0.15, -0.1) is 0 Å². The number of halogens is 1. The average Bonchev–Trinajstić information content (AvgIpc) is 3.28. The fourth-order valence-corrected chi connectivity index (χ4v) is 4.11. The monoisotopic (exact) mass is 466 g/mol. The molecule has 2 aromatic rings. The SMILES string of the molecule is C[C@H](OC(=O)c1ccc(S(=O)(=O)NC[C@@H]2CCCO2)cc1)C(=O)Nc1ccc(Cl)cc1. The van der Waals surface area contributed by atoms with Crippen LogP contribution in [0.3, 0.4) is 0 Å². The molecule has 0 aliphatic carbocycles. The van der Waals surface area contributed by atoms with Gasteiger partial charge >= 0.3 is 5.97 Å². The molecule has 1 heterocycles. The Bertz CT molecular complexity index is 1020. The Balaban J connectivity index is 1.55. The molecule has 2 N–H and O–H groups in total. The lowest BCUT2D eigenvalue weighted by molar-refractivity contribution is -0.123. The molecule has 1 aliphatic heterocycles. The van der Waals surface area contributed by atoms with Gasteiger partial charge in [0.25, 0.3) is 5.91 Å². The van der Waals surface area contributed by atoms with Crippen molar-refractivity contribution in [3.63, 3.8) is 0 Å². The summed E-state index contributed by atoms with van der Waals surface area (Å²) in [6.45, 7) is 2.28. The van der Waals surface area contributed by atoms with E-state index in [2.05, 4.69) is 10.0 Å². The average molecular weight is 467 g/mol. The van der Waals surface area contributed by atoms with Gasteiger partial charge < -0.3 is 14.8 Å². The van der Waals surface area contributed by atoms with Crippen LogP contribution in [0.1, 0.15) is 30.1 Å². The van der Waals surface area contributed by atoms with Crippen LogP contribution in [0.2, 0.25) is 5.02 Å². The fraction of sp³-hybridized carbons (Fsp3) is 0.333. The number of nitrogens with one attached hydrogen (secondary N) is 2. The van der Waals surface area contributed by atoms with Gasteiger partial charge in [-0.1, -0.05) is 11.6 Å². The number of carbonyl (C=O) groups is 2. The highest BCUT2D eigenvalue weighted by Gasteiger charge is 2.22. The minimum Gasteiger partial charge on any atom is -0.449 e. The Morgan fingerprint density at radius 3 is 2.45 bits per heavy atom. The molecule has 3 rings (SSSR count). The summed E-state index contributed by atoms with van der Waals surface area (Å²) in [6, 6.07) is 11.8. The zero-order valence-electron chi connectivity index (χ0n) is 16.8. The van der Waals surface area contributed by atoms with E-state index in [1.54, 1.807) is 24.3 Å². The Kier molecular flexibility index (Phi) is 7.66. The van der Waals surface area contributed by atoms with Gasteiger partial charge in [-0.3, -0.25) is 4.79 Å². The number of hydrogen-bond donors (Lipinski definition) is 2. The number of hydrogen-bond acceptors (Lipinski definition) is 6. The van der Waals surface area contributed by atoms with Gasteiger partial charge in [0.05, 0.1) is 16.6 Å². The molecule has 0 bridgehead atoms. The Morgan fingerprint density at radius 2 is 1.84 bits per heavy atom. The maximum atomic E-state index is 12.4. The van der Waals surface area contributed by atoms with Crippen LogP contribution in [0.4, 0.5) is 5.69 Å². The van der Waals surface area contributed by atoms with E-state index in [0.29, 0.717) is 17.3 Å². The Labute approximate surface area is 185 Å². The van der Waals surface area contributed by atoms with Crippen molar-refractivity contribution in [2.24, 2.45) is 0 Å². The number of sulfonamides is 1. The van der Waals surface area contributed by atoms with Gasteiger partial charge in [-0.05, 0) is 68.3 Å². The summed E-state index contributed by atoms with van der Waals surface area (Å²) in [5.74, 6) is -1.25. The summed E-state index contributed by atoms with van der Waals surface area (Å²) in [5, 5.41) is 3.15. The lowest BCUT2D eigenvalue weighted by Crippen LogP contribution is -2.32. The molecule has 8 nitrogen and oxygen atoms in total. The molecule has 1 fully saturated rings. The summed E-state index contributed by atoms with van der Waals surface area (Å²) in [6.07, 6.45) is 0.556. The lowest BCUT2D eigenvalue weighted by atomic mass is 10.2. The topological polar surface area (TPSA) is 111 Å². The standard InChI is InChI=1S/C21H23ClN2O6S/c1-14(20(25)24-17-8-6-16(22)7-9-17)30-21(26)15-4-10-19(11-5-15)31(27,28)23-13-18-3-2-12-29-18/h4-11,14,18,23H,2-3,12-13H2,1H3,(H,24,25)/t14-,18-/m0/s1. The number of amides is 1. The first-order valence-electron chi connectivity index (χ1n) is 9.73. The van der Waals surface area contributed by atoms with Crippen molar-refractivity contribution in [1.82, 2.24) is 4.72 Å². The van der Waals surface area contributed by atoms with Crippen molar-refractivity contribution in [3.8, 4) is 0 Å². The van der Waals surface area contributed by atoms with E-state index in [4.69, 9.17) is 21.1 Å². The van der Waals surface area contributed by atoms with E-state index in [1.807, 2.05) is 0 Å². The van der Waals surface area contributed by atoms with E-state index in [-0.39, 0.29) is 23.1 Å². The van der Waals surface area contributed by atoms with E-state index in [0.717, 1.165) is 12.8 Å². The Hall–Kier alpha value is -2.46. The van der Waals surface area contributed by atoms with Gasteiger partial charge in [0.1, 0.15) is 0 Å². The van der Waals surface area contributed by atoms with Crippen LogP contribution in [-0.4, -0.2) is 45.7 Å². The molecule has 10 heteroatoms. The fourth-order valence-electron chi connectivity index (χ4n) is 2.92. The summed E-state index contributed by atoms with van der Waals surface area (Å²) >= 11 is 5.80. The molecule has 1 aliphatic rings. The molecule has 1 saturated heterocycles. The highest BCUT2D eigenvalue weighted by Crippen LogP contribution is 2.16. The number of rotatable bonds is 8. The molecule has 0 saturated carbocycles. The van der Waals surface area contributed by atoms with Crippen LogP contribution in [0.25, 0.3) is 0 Å². The number of benzene rings is 2. The highest BCUT2D eigenvalue weighted by molar-refractivity contribution is 7.89. The first-order valence-corrected chi connectivity index (χ1v) is 11.6. The van der Waals surface area contributed by atoms with Gasteiger partial charge in [-0.2, -0.15) is 0 Å². The third-order valence-electron chi connectivity index (χ3n) is 4.69. The first-order chi connectivity index (χ1) is 14.7. The van der Waals surface area contributed by atoms with Crippen LogP contribution in [-0.2, 0) is 24.3 Å². The van der Waals surface area contributed by atoms with Crippen LogP contribution >= 0.6 is 11.6 Å². The van der Waals surface area contributed by atoms with E-state index < -0.39 is 28.0 Å².